The van der Waals surface area contributed by atoms with Gasteiger partial charge < -0.3 is 21.5 Å². The molecule has 0 fully saturated rings. The number of primary amides is 1. The molecule has 0 unspecified atom stereocenters. The fraction of sp³-hybridized carbons (Fsp3) is 0.200. The van der Waals surface area contributed by atoms with Gasteiger partial charge in [0.25, 0.3) is 5.91 Å². The monoisotopic (exact) mass is 383 g/mol. The van der Waals surface area contributed by atoms with Gasteiger partial charge in [0.2, 0.25) is 0 Å². The van der Waals surface area contributed by atoms with E-state index in [0.29, 0.717) is 29.9 Å². The van der Waals surface area contributed by atoms with Crippen molar-refractivity contribution in [2.45, 2.75) is 13.1 Å². The fourth-order valence-corrected chi connectivity index (χ4v) is 2.99. The lowest BCUT2D eigenvalue weighted by Crippen LogP contribution is -2.30. The van der Waals surface area contributed by atoms with E-state index in [1.807, 2.05) is 18.2 Å². The quantitative estimate of drug-likeness (QED) is 0.601. The van der Waals surface area contributed by atoms with E-state index in [1.165, 1.54) is 12.1 Å². The number of nitrogens with one attached hydrogen (secondary N) is 1. The highest BCUT2D eigenvalue weighted by atomic mass is 19.1. The number of hydrogen-bond acceptors (Lipinski definition) is 5. The van der Waals surface area contributed by atoms with E-state index >= 15 is 0 Å². The van der Waals surface area contributed by atoms with Crippen LogP contribution in [0.2, 0.25) is 0 Å². The van der Waals surface area contributed by atoms with Crippen LogP contribution in [0.5, 0.6) is 5.75 Å². The third kappa shape index (κ3) is 4.29. The lowest BCUT2D eigenvalue weighted by atomic mass is 10.0. The van der Waals surface area contributed by atoms with Crippen LogP contribution >= 0.6 is 0 Å². The molecule has 4 rings (SSSR count). The molecule has 2 heterocycles. The number of aromatic nitrogens is 2. The van der Waals surface area contributed by atoms with Crippen molar-refractivity contribution in [3.63, 3.8) is 0 Å². The largest absolute Gasteiger partial charge is 0.497 e. The van der Waals surface area contributed by atoms with Crippen molar-refractivity contribution in [2.24, 2.45) is 5.73 Å². The van der Waals surface area contributed by atoms with E-state index in [0.717, 1.165) is 23.7 Å². The molecule has 0 bridgehead atoms. The lowest BCUT2D eigenvalue weighted by Gasteiger charge is -2.15. The number of nitrogens with zero attached hydrogens (tertiary/aromatic N) is 2. The number of anilines is 1. The average Bonchev–Trinajstić information content (AvgIpc) is 3.08. The Morgan fingerprint density at radius 2 is 2.04 bits per heavy atom. The van der Waals surface area contributed by atoms with E-state index in [4.69, 9.17) is 16.2 Å². The second kappa shape index (κ2) is 8.53. The number of nitrogen functional groups attached to an aromatic ring is 1. The lowest BCUT2D eigenvalue weighted by molar-refractivity contribution is 0.0999. The molecule has 1 amide bonds. The first-order chi connectivity index (χ1) is 13.5. The van der Waals surface area contributed by atoms with Gasteiger partial charge in [-0.05, 0) is 24.3 Å². The van der Waals surface area contributed by atoms with Crippen molar-refractivity contribution in [3.05, 3.63) is 65.6 Å². The Morgan fingerprint density at radius 1 is 1.25 bits per heavy atom. The van der Waals surface area contributed by atoms with Crippen LogP contribution in [0.4, 0.5) is 10.1 Å². The summed E-state index contributed by atoms with van der Waals surface area (Å²) in [5.74, 6) is -0.101. The Balaban J connectivity index is 0.000000211. The van der Waals surface area contributed by atoms with E-state index in [-0.39, 0.29) is 5.82 Å². The minimum Gasteiger partial charge on any atom is -0.497 e. The third-order valence-electron chi connectivity index (χ3n) is 4.29. The molecular formula is C20H22FN5O2. The minimum atomic E-state index is -0.538. The van der Waals surface area contributed by atoms with Crippen molar-refractivity contribution in [2.75, 3.05) is 19.4 Å². The summed E-state index contributed by atoms with van der Waals surface area (Å²) >= 11 is 0. The van der Waals surface area contributed by atoms with Crippen LogP contribution in [0.25, 0.3) is 11.3 Å². The van der Waals surface area contributed by atoms with Crippen molar-refractivity contribution in [1.29, 1.82) is 0 Å². The molecule has 0 saturated carbocycles. The van der Waals surface area contributed by atoms with Crippen molar-refractivity contribution >= 4 is 11.6 Å². The summed E-state index contributed by atoms with van der Waals surface area (Å²) in [6.07, 6.45) is 0. The van der Waals surface area contributed by atoms with E-state index in [9.17, 15) is 9.18 Å². The van der Waals surface area contributed by atoms with Crippen LogP contribution in [0, 0.1) is 5.82 Å². The van der Waals surface area contributed by atoms with Gasteiger partial charge in [-0.3, -0.25) is 9.48 Å². The molecule has 0 radical (unpaired) electrons. The number of fused-ring (bicyclic) bond motifs is 1. The Morgan fingerprint density at radius 3 is 2.68 bits per heavy atom. The topological polar surface area (TPSA) is 108 Å². The number of hydrogen-bond donors (Lipinski definition) is 3. The summed E-state index contributed by atoms with van der Waals surface area (Å²) in [6.45, 7) is 2.00. The molecule has 0 saturated heterocycles. The zero-order chi connectivity index (χ0) is 20.1. The molecule has 0 spiro atoms. The Kier molecular flexibility index (Phi) is 5.90. The van der Waals surface area contributed by atoms with Crippen LogP contribution < -0.4 is 21.5 Å². The molecule has 1 aliphatic heterocycles. The number of carbonyl (C=O) groups is 1. The van der Waals surface area contributed by atoms with Gasteiger partial charge >= 0.3 is 0 Å². The van der Waals surface area contributed by atoms with Crippen molar-refractivity contribution < 1.29 is 13.9 Å². The number of methoxy groups -OCH3 is 1. The molecular weight excluding hydrogens is 361 g/mol. The number of ether oxygens (including phenoxy) is 1. The summed E-state index contributed by atoms with van der Waals surface area (Å²) in [6, 6.07) is 13.3. The fourth-order valence-electron chi connectivity index (χ4n) is 2.99. The average molecular weight is 383 g/mol. The second-order valence-corrected chi connectivity index (χ2v) is 6.22. The molecule has 8 heteroatoms. The zero-order valence-electron chi connectivity index (χ0n) is 15.5. The number of nitrogens with two attached hydrogens (primary N) is 2. The molecule has 5 N–H and O–H groups in total. The van der Waals surface area contributed by atoms with Crippen LogP contribution in [-0.2, 0) is 13.1 Å². The summed E-state index contributed by atoms with van der Waals surface area (Å²) in [5.41, 5.74) is 13.8. The maximum absolute atomic E-state index is 13.3. The van der Waals surface area contributed by atoms with Gasteiger partial charge in [0.05, 0.1) is 24.9 Å². The first-order valence-corrected chi connectivity index (χ1v) is 8.75. The number of amides is 1. The van der Waals surface area contributed by atoms with Gasteiger partial charge in [-0.25, -0.2) is 4.39 Å². The number of halogens is 1. The van der Waals surface area contributed by atoms with Crippen molar-refractivity contribution in [1.82, 2.24) is 15.1 Å². The summed E-state index contributed by atoms with van der Waals surface area (Å²) < 4.78 is 20.0. The molecule has 1 aliphatic rings. The molecule has 28 heavy (non-hydrogen) atoms. The highest BCUT2D eigenvalue weighted by Gasteiger charge is 2.24. The van der Waals surface area contributed by atoms with Gasteiger partial charge in [-0.15, -0.1) is 0 Å². The molecule has 7 nitrogen and oxygen atoms in total. The molecule has 0 aliphatic carbocycles. The SMILES string of the molecule is COc1cccc(N)c1.NC(=O)c1c(-c2cccc(F)c2)nn2c1CNCC2. The van der Waals surface area contributed by atoms with Crippen molar-refractivity contribution in [3.8, 4) is 17.0 Å². The minimum absolute atomic E-state index is 0.364. The smallest absolute Gasteiger partial charge is 0.252 e. The third-order valence-corrected chi connectivity index (χ3v) is 4.29. The van der Waals surface area contributed by atoms with Gasteiger partial charge in [-0.2, -0.15) is 5.10 Å². The Hall–Kier alpha value is -3.39. The van der Waals surface area contributed by atoms with Gasteiger partial charge in [0.1, 0.15) is 17.3 Å². The Labute approximate surface area is 162 Å². The molecule has 2 aromatic carbocycles. The summed E-state index contributed by atoms with van der Waals surface area (Å²) in [5, 5.41) is 7.56. The maximum atomic E-state index is 13.3. The Bertz CT molecular complexity index is 986. The number of benzene rings is 2. The first kappa shape index (κ1) is 19.4. The second-order valence-electron chi connectivity index (χ2n) is 6.22. The van der Waals surface area contributed by atoms with Gasteiger partial charge in [0.15, 0.2) is 0 Å². The van der Waals surface area contributed by atoms with Crippen LogP contribution in [-0.4, -0.2) is 29.3 Å². The summed E-state index contributed by atoms with van der Waals surface area (Å²) in [4.78, 5) is 11.7. The molecule has 1 aromatic heterocycles. The number of carbonyl (C=O) groups excluding carboxylic acids is 1. The van der Waals surface area contributed by atoms with Crippen LogP contribution in [0.15, 0.2) is 48.5 Å². The molecule has 146 valence electrons. The van der Waals surface area contributed by atoms with Crippen LogP contribution in [0.1, 0.15) is 16.1 Å². The first-order valence-electron chi connectivity index (χ1n) is 8.75. The van der Waals surface area contributed by atoms with Gasteiger partial charge in [0, 0.05) is 30.4 Å². The molecule has 3 aromatic rings. The zero-order valence-corrected chi connectivity index (χ0v) is 15.5. The van der Waals surface area contributed by atoms with E-state index in [1.54, 1.807) is 30.0 Å². The van der Waals surface area contributed by atoms with E-state index in [2.05, 4.69) is 10.4 Å². The summed E-state index contributed by atoms with van der Waals surface area (Å²) in [7, 11) is 1.62. The van der Waals surface area contributed by atoms with E-state index < -0.39 is 5.91 Å². The maximum Gasteiger partial charge on any atom is 0.252 e. The number of rotatable bonds is 3. The van der Waals surface area contributed by atoms with Crippen LogP contribution in [0.3, 0.4) is 0 Å². The van der Waals surface area contributed by atoms with Gasteiger partial charge in [-0.1, -0.05) is 18.2 Å². The highest BCUT2D eigenvalue weighted by Crippen LogP contribution is 2.26. The normalized spacial score (nSPS) is 12.5. The highest BCUT2D eigenvalue weighted by molar-refractivity contribution is 6.00. The standard InChI is InChI=1S/C13H13FN4O.C7H9NO/c14-9-3-1-2-8(6-9)12-11(13(15)19)10-7-16-4-5-18(10)17-12;1-9-7-4-2-3-6(8)5-7/h1-3,6,16H,4-5,7H2,(H2,15,19);2-5H,8H2,1H3. The predicted octanol–water partition coefficient (Wildman–Crippen LogP) is 2.17. The predicted molar refractivity (Wildman–Crippen MR) is 105 cm³/mol. The molecule has 0 atom stereocenters.